The minimum absolute atomic E-state index is 0.344. The summed E-state index contributed by atoms with van der Waals surface area (Å²) in [6.07, 6.45) is 23.3. The maximum Gasteiger partial charge on any atom is 0.335 e. The zero-order chi connectivity index (χ0) is 18.1. The van der Waals surface area contributed by atoms with E-state index in [4.69, 9.17) is 5.11 Å². The molecule has 24 heavy (non-hydrogen) atoms. The Balaban J connectivity index is 3.33. The molecule has 0 aliphatic rings. The quantitative estimate of drug-likeness (QED) is 0.267. The van der Waals surface area contributed by atoms with Crippen LogP contribution in [-0.2, 0) is 4.79 Å². The molecular formula is C21H38O3. The Hall–Kier alpha value is -1.09. The van der Waals surface area contributed by atoms with E-state index >= 15 is 0 Å². The molecule has 0 aromatic rings. The molecule has 140 valence electrons. The lowest BCUT2D eigenvalue weighted by molar-refractivity contribution is -0.157. The number of unbranched alkanes of at least 4 members (excludes halogenated alkanes) is 9. The van der Waals surface area contributed by atoms with E-state index in [0.717, 1.165) is 32.1 Å². The average Bonchev–Trinajstić information content (AvgIpc) is 2.54. The van der Waals surface area contributed by atoms with Gasteiger partial charge < -0.3 is 10.2 Å². The second-order valence-corrected chi connectivity index (χ2v) is 6.91. The van der Waals surface area contributed by atoms with Gasteiger partial charge in [-0.15, -0.1) is 0 Å². The third kappa shape index (κ3) is 14.5. The molecule has 0 bridgehead atoms. The number of rotatable bonds is 16. The first-order chi connectivity index (χ1) is 11.5. The molecule has 0 radical (unpaired) electrons. The Morgan fingerprint density at radius 3 is 1.88 bits per heavy atom. The smallest absolute Gasteiger partial charge is 0.335 e. The molecule has 0 spiro atoms. The Morgan fingerprint density at radius 2 is 1.33 bits per heavy atom. The number of hydrogen-bond donors (Lipinski definition) is 2. The Labute approximate surface area is 148 Å². The van der Waals surface area contributed by atoms with Crippen molar-refractivity contribution in [2.45, 2.75) is 103 Å². The molecule has 0 aromatic carbocycles. The highest BCUT2D eigenvalue weighted by Gasteiger charge is 2.28. The molecular weight excluding hydrogens is 300 g/mol. The van der Waals surface area contributed by atoms with Crippen molar-refractivity contribution in [1.29, 1.82) is 0 Å². The summed E-state index contributed by atoms with van der Waals surface area (Å²) in [7, 11) is 0. The lowest BCUT2D eigenvalue weighted by Gasteiger charge is -2.17. The number of carboxylic acid groups (broad SMARTS) is 1. The van der Waals surface area contributed by atoms with Crippen LogP contribution in [0, 0.1) is 0 Å². The van der Waals surface area contributed by atoms with Crippen LogP contribution in [0.15, 0.2) is 24.3 Å². The third-order valence-corrected chi connectivity index (χ3v) is 4.32. The lowest BCUT2D eigenvalue weighted by atomic mass is 9.98. The second kappa shape index (κ2) is 15.4. The first-order valence-electron chi connectivity index (χ1n) is 9.76. The van der Waals surface area contributed by atoms with Gasteiger partial charge in [-0.3, -0.25) is 0 Å². The predicted molar refractivity (Wildman–Crippen MR) is 102 cm³/mol. The minimum Gasteiger partial charge on any atom is -0.479 e. The molecule has 3 heteroatoms. The predicted octanol–water partition coefficient (Wildman–Crippen LogP) is 6.03. The van der Waals surface area contributed by atoms with Gasteiger partial charge in [-0.1, -0.05) is 69.8 Å². The van der Waals surface area contributed by atoms with Gasteiger partial charge in [0.25, 0.3) is 0 Å². The van der Waals surface area contributed by atoms with Crippen LogP contribution in [0.5, 0.6) is 0 Å². The molecule has 0 heterocycles. The summed E-state index contributed by atoms with van der Waals surface area (Å²) in [4.78, 5) is 10.8. The average molecular weight is 339 g/mol. The van der Waals surface area contributed by atoms with Crippen molar-refractivity contribution in [3.05, 3.63) is 24.3 Å². The monoisotopic (exact) mass is 338 g/mol. The molecule has 0 fully saturated rings. The fourth-order valence-corrected chi connectivity index (χ4v) is 2.56. The SMILES string of the molecule is CCCCCC=CCC=CCCCCCCCCC(C)(O)C(=O)O. The third-order valence-electron chi connectivity index (χ3n) is 4.32. The minimum atomic E-state index is -1.56. The fraction of sp³-hybridized carbons (Fsp3) is 0.762. The fourth-order valence-electron chi connectivity index (χ4n) is 2.56. The molecule has 0 rings (SSSR count). The summed E-state index contributed by atoms with van der Waals surface area (Å²) in [6.45, 7) is 3.61. The van der Waals surface area contributed by atoms with Crippen molar-refractivity contribution >= 4 is 5.97 Å². The summed E-state index contributed by atoms with van der Waals surface area (Å²) in [6, 6.07) is 0. The van der Waals surface area contributed by atoms with Crippen LogP contribution in [0.2, 0.25) is 0 Å². The summed E-state index contributed by atoms with van der Waals surface area (Å²) >= 11 is 0. The van der Waals surface area contributed by atoms with Crippen molar-refractivity contribution in [2.75, 3.05) is 0 Å². The highest BCUT2D eigenvalue weighted by atomic mass is 16.4. The van der Waals surface area contributed by atoms with E-state index < -0.39 is 11.6 Å². The number of hydrogen-bond acceptors (Lipinski definition) is 2. The van der Waals surface area contributed by atoms with Gasteiger partial charge in [0.15, 0.2) is 5.60 Å². The Morgan fingerprint density at radius 1 is 0.833 bits per heavy atom. The van der Waals surface area contributed by atoms with E-state index in [-0.39, 0.29) is 0 Å². The molecule has 0 saturated heterocycles. The number of aliphatic hydroxyl groups is 1. The van der Waals surface area contributed by atoms with E-state index in [1.165, 1.54) is 51.9 Å². The molecule has 0 aliphatic carbocycles. The molecule has 0 amide bonds. The van der Waals surface area contributed by atoms with Gasteiger partial charge >= 0.3 is 5.97 Å². The number of carboxylic acids is 1. The van der Waals surface area contributed by atoms with Crippen LogP contribution >= 0.6 is 0 Å². The van der Waals surface area contributed by atoms with Gasteiger partial charge in [0.1, 0.15) is 0 Å². The summed E-state index contributed by atoms with van der Waals surface area (Å²) in [5.41, 5.74) is -1.56. The highest BCUT2D eigenvalue weighted by Crippen LogP contribution is 2.16. The zero-order valence-electron chi connectivity index (χ0n) is 15.8. The normalized spacial score (nSPS) is 14.5. The van der Waals surface area contributed by atoms with E-state index in [0.29, 0.717) is 6.42 Å². The maximum atomic E-state index is 10.8. The molecule has 2 N–H and O–H groups in total. The van der Waals surface area contributed by atoms with Crippen molar-refractivity contribution < 1.29 is 15.0 Å². The van der Waals surface area contributed by atoms with E-state index in [1.54, 1.807) is 0 Å². The topological polar surface area (TPSA) is 57.5 Å². The highest BCUT2D eigenvalue weighted by molar-refractivity contribution is 5.76. The van der Waals surface area contributed by atoms with Crippen molar-refractivity contribution in [1.82, 2.24) is 0 Å². The van der Waals surface area contributed by atoms with E-state index in [1.807, 2.05) is 0 Å². The maximum absolute atomic E-state index is 10.8. The van der Waals surface area contributed by atoms with Crippen molar-refractivity contribution in [2.24, 2.45) is 0 Å². The van der Waals surface area contributed by atoms with Gasteiger partial charge in [0, 0.05) is 0 Å². The van der Waals surface area contributed by atoms with Crippen LogP contribution in [0.25, 0.3) is 0 Å². The number of aliphatic carboxylic acids is 1. The first kappa shape index (κ1) is 22.9. The van der Waals surface area contributed by atoms with Gasteiger partial charge in [0.2, 0.25) is 0 Å². The largest absolute Gasteiger partial charge is 0.479 e. The van der Waals surface area contributed by atoms with Gasteiger partial charge in [-0.05, 0) is 51.9 Å². The number of carbonyl (C=O) groups is 1. The van der Waals surface area contributed by atoms with Crippen LogP contribution in [0.3, 0.4) is 0 Å². The second-order valence-electron chi connectivity index (χ2n) is 6.91. The molecule has 0 saturated carbocycles. The molecule has 0 aromatic heterocycles. The Kier molecular flexibility index (Phi) is 14.7. The van der Waals surface area contributed by atoms with Gasteiger partial charge in [-0.25, -0.2) is 4.79 Å². The summed E-state index contributed by atoms with van der Waals surface area (Å²) < 4.78 is 0. The summed E-state index contributed by atoms with van der Waals surface area (Å²) in [5, 5.41) is 18.4. The first-order valence-corrected chi connectivity index (χ1v) is 9.76. The van der Waals surface area contributed by atoms with Crippen LogP contribution in [0.1, 0.15) is 97.3 Å². The standard InChI is InChI=1S/C21H38O3/c1-3-4-5-6-7-8-9-10-11-12-13-14-15-16-17-18-19-21(2,24)20(22)23/h7-8,10-11,24H,3-6,9,12-19H2,1-2H3,(H,22,23). The molecule has 1 unspecified atom stereocenters. The molecule has 3 nitrogen and oxygen atoms in total. The van der Waals surface area contributed by atoms with E-state index in [9.17, 15) is 9.90 Å². The van der Waals surface area contributed by atoms with E-state index in [2.05, 4.69) is 31.2 Å². The molecule has 0 aliphatic heterocycles. The molecule has 1 atom stereocenters. The van der Waals surface area contributed by atoms with Crippen LogP contribution in [0.4, 0.5) is 0 Å². The van der Waals surface area contributed by atoms with Crippen LogP contribution in [-0.4, -0.2) is 21.8 Å². The van der Waals surface area contributed by atoms with Gasteiger partial charge in [0.05, 0.1) is 0 Å². The zero-order valence-corrected chi connectivity index (χ0v) is 15.8. The summed E-state index contributed by atoms with van der Waals surface area (Å²) in [5.74, 6) is -1.12. The van der Waals surface area contributed by atoms with Crippen LogP contribution < -0.4 is 0 Å². The van der Waals surface area contributed by atoms with Crippen molar-refractivity contribution in [3.63, 3.8) is 0 Å². The van der Waals surface area contributed by atoms with Gasteiger partial charge in [-0.2, -0.15) is 0 Å². The van der Waals surface area contributed by atoms with Crippen molar-refractivity contribution in [3.8, 4) is 0 Å². The Bertz CT molecular complexity index is 356. The lowest BCUT2D eigenvalue weighted by Crippen LogP contribution is -2.34. The number of allylic oxidation sites excluding steroid dienone is 4.